The van der Waals surface area contributed by atoms with Gasteiger partial charge in [-0.1, -0.05) is 38.0 Å². The van der Waals surface area contributed by atoms with Crippen molar-refractivity contribution in [3.63, 3.8) is 0 Å². The lowest BCUT2D eigenvalue weighted by Crippen LogP contribution is -2.32. The largest absolute Gasteiger partial charge is 0.463 e. The molecular weight excluding hydrogens is 200 g/mol. The van der Waals surface area contributed by atoms with Crippen LogP contribution in [0, 0.1) is 0 Å². The molecule has 0 aliphatic rings. The van der Waals surface area contributed by atoms with Crippen molar-refractivity contribution in [1.82, 2.24) is 0 Å². The molecule has 0 aliphatic heterocycles. The zero-order valence-electron chi connectivity index (χ0n) is 10.5. The fourth-order valence-corrected chi connectivity index (χ4v) is 1.47. The Morgan fingerprint density at radius 1 is 1.06 bits per heavy atom. The van der Waals surface area contributed by atoms with Gasteiger partial charge in [0.05, 0.1) is 6.61 Å². The SMILES string of the molecule is CCCCCOC(C)(C)Oc1ccccc1. The quantitative estimate of drug-likeness (QED) is 0.512. The van der Waals surface area contributed by atoms with Crippen molar-refractivity contribution in [3.05, 3.63) is 30.3 Å². The summed E-state index contributed by atoms with van der Waals surface area (Å²) in [4.78, 5) is 0. The van der Waals surface area contributed by atoms with Crippen molar-refractivity contribution in [2.75, 3.05) is 6.61 Å². The van der Waals surface area contributed by atoms with E-state index in [0.29, 0.717) is 0 Å². The second-order valence-electron chi connectivity index (χ2n) is 4.37. The van der Waals surface area contributed by atoms with Crippen LogP contribution in [0.5, 0.6) is 5.75 Å². The highest BCUT2D eigenvalue weighted by atomic mass is 16.7. The van der Waals surface area contributed by atoms with Crippen LogP contribution in [-0.4, -0.2) is 12.4 Å². The predicted molar refractivity (Wildman–Crippen MR) is 66.6 cm³/mol. The van der Waals surface area contributed by atoms with E-state index in [2.05, 4.69) is 6.92 Å². The zero-order valence-corrected chi connectivity index (χ0v) is 10.5. The number of unbranched alkanes of at least 4 members (excludes halogenated alkanes) is 2. The minimum absolute atomic E-state index is 0.547. The molecule has 2 nitrogen and oxygen atoms in total. The molecule has 0 bridgehead atoms. The molecule has 1 aromatic carbocycles. The number of hydrogen-bond donors (Lipinski definition) is 0. The average Bonchev–Trinajstić information content (AvgIpc) is 2.25. The van der Waals surface area contributed by atoms with Crippen LogP contribution < -0.4 is 4.74 Å². The van der Waals surface area contributed by atoms with Crippen LogP contribution in [0.2, 0.25) is 0 Å². The first-order chi connectivity index (χ1) is 7.64. The van der Waals surface area contributed by atoms with Gasteiger partial charge in [-0.05, 0) is 18.6 Å². The number of benzene rings is 1. The van der Waals surface area contributed by atoms with Gasteiger partial charge < -0.3 is 9.47 Å². The summed E-state index contributed by atoms with van der Waals surface area (Å²) < 4.78 is 11.5. The van der Waals surface area contributed by atoms with Crippen LogP contribution in [0.3, 0.4) is 0 Å². The lowest BCUT2D eigenvalue weighted by molar-refractivity contribution is -0.156. The minimum Gasteiger partial charge on any atom is -0.463 e. The summed E-state index contributed by atoms with van der Waals surface area (Å²) in [6.45, 7) is 6.84. The smallest absolute Gasteiger partial charge is 0.204 e. The van der Waals surface area contributed by atoms with Gasteiger partial charge in [0.25, 0.3) is 0 Å². The Labute approximate surface area is 98.6 Å². The Morgan fingerprint density at radius 3 is 2.38 bits per heavy atom. The molecule has 0 aromatic heterocycles. The summed E-state index contributed by atoms with van der Waals surface area (Å²) in [5.41, 5.74) is 0. The van der Waals surface area contributed by atoms with E-state index < -0.39 is 5.79 Å². The molecule has 0 saturated carbocycles. The molecule has 0 saturated heterocycles. The Hall–Kier alpha value is -1.02. The first-order valence-electron chi connectivity index (χ1n) is 6.02. The third-order valence-electron chi connectivity index (χ3n) is 2.30. The van der Waals surface area contributed by atoms with Gasteiger partial charge in [0.15, 0.2) is 0 Å². The number of para-hydroxylation sites is 1. The van der Waals surface area contributed by atoms with Gasteiger partial charge in [-0.15, -0.1) is 0 Å². The maximum atomic E-state index is 5.76. The molecule has 0 aliphatic carbocycles. The van der Waals surface area contributed by atoms with Crippen molar-refractivity contribution < 1.29 is 9.47 Å². The van der Waals surface area contributed by atoms with Crippen molar-refractivity contribution in [1.29, 1.82) is 0 Å². The van der Waals surface area contributed by atoms with E-state index >= 15 is 0 Å². The molecule has 1 aromatic rings. The molecule has 0 amide bonds. The third kappa shape index (κ3) is 5.17. The van der Waals surface area contributed by atoms with Crippen molar-refractivity contribution >= 4 is 0 Å². The van der Waals surface area contributed by atoms with Crippen molar-refractivity contribution in [2.45, 2.75) is 45.8 Å². The fraction of sp³-hybridized carbons (Fsp3) is 0.571. The Bertz CT molecular complexity index is 280. The third-order valence-corrected chi connectivity index (χ3v) is 2.30. The summed E-state index contributed by atoms with van der Waals surface area (Å²) in [6, 6.07) is 9.78. The van der Waals surface area contributed by atoms with Gasteiger partial charge in [-0.25, -0.2) is 0 Å². The topological polar surface area (TPSA) is 18.5 Å². The summed E-state index contributed by atoms with van der Waals surface area (Å²) in [5.74, 6) is 0.303. The summed E-state index contributed by atoms with van der Waals surface area (Å²) in [6.07, 6.45) is 3.52. The second kappa shape index (κ2) is 6.54. The zero-order chi connectivity index (χ0) is 11.9. The molecule has 0 radical (unpaired) electrons. The standard InChI is InChI=1S/C14H22O2/c1-4-5-9-12-15-14(2,3)16-13-10-7-6-8-11-13/h6-8,10-11H,4-5,9,12H2,1-3H3. The predicted octanol–water partition coefficient (Wildman–Crippen LogP) is 4.01. The first-order valence-corrected chi connectivity index (χ1v) is 6.02. The van der Waals surface area contributed by atoms with Crippen LogP contribution >= 0.6 is 0 Å². The monoisotopic (exact) mass is 222 g/mol. The van der Waals surface area contributed by atoms with Gasteiger partial charge >= 0.3 is 0 Å². The molecule has 0 spiro atoms. The highest BCUT2D eigenvalue weighted by Crippen LogP contribution is 2.19. The Morgan fingerprint density at radius 2 is 1.75 bits per heavy atom. The maximum absolute atomic E-state index is 5.76. The van der Waals surface area contributed by atoms with Crippen LogP contribution in [0.4, 0.5) is 0 Å². The lowest BCUT2D eigenvalue weighted by atomic mass is 10.2. The van der Waals surface area contributed by atoms with Crippen molar-refractivity contribution in [2.24, 2.45) is 0 Å². The molecular formula is C14H22O2. The highest BCUT2D eigenvalue weighted by Gasteiger charge is 2.19. The van der Waals surface area contributed by atoms with Crippen LogP contribution in [0.1, 0.15) is 40.0 Å². The average molecular weight is 222 g/mol. The molecule has 0 atom stereocenters. The summed E-state index contributed by atoms with van der Waals surface area (Å²) in [7, 11) is 0. The van der Waals surface area contributed by atoms with E-state index in [9.17, 15) is 0 Å². The van der Waals surface area contributed by atoms with Gasteiger partial charge in [0, 0.05) is 13.8 Å². The van der Waals surface area contributed by atoms with Crippen LogP contribution in [-0.2, 0) is 4.74 Å². The van der Waals surface area contributed by atoms with E-state index in [1.807, 2.05) is 44.2 Å². The van der Waals surface area contributed by atoms with Crippen LogP contribution in [0.15, 0.2) is 30.3 Å². The molecule has 1 rings (SSSR count). The van der Waals surface area contributed by atoms with Gasteiger partial charge in [0.1, 0.15) is 5.75 Å². The second-order valence-corrected chi connectivity index (χ2v) is 4.37. The molecule has 0 fully saturated rings. The molecule has 90 valence electrons. The molecule has 0 heterocycles. The van der Waals surface area contributed by atoms with Gasteiger partial charge in [-0.3, -0.25) is 0 Å². The Balaban J connectivity index is 2.33. The van der Waals surface area contributed by atoms with Gasteiger partial charge in [0.2, 0.25) is 5.79 Å². The fourth-order valence-electron chi connectivity index (χ4n) is 1.47. The van der Waals surface area contributed by atoms with E-state index in [1.165, 1.54) is 12.8 Å². The highest BCUT2D eigenvalue weighted by molar-refractivity contribution is 5.21. The van der Waals surface area contributed by atoms with Crippen LogP contribution in [0.25, 0.3) is 0 Å². The molecule has 16 heavy (non-hydrogen) atoms. The molecule has 0 N–H and O–H groups in total. The lowest BCUT2D eigenvalue weighted by Gasteiger charge is -2.26. The number of ether oxygens (including phenoxy) is 2. The van der Waals surface area contributed by atoms with E-state index in [4.69, 9.17) is 9.47 Å². The maximum Gasteiger partial charge on any atom is 0.204 e. The molecule has 2 heteroatoms. The minimum atomic E-state index is -0.547. The van der Waals surface area contributed by atoms with E-state index in [0.717, 1.165) is 18.8 Å². The summed E-state index contributed by atoms with van der Waals surface area (Å²) in [5, 5.41) is 0. The van der Waals surface area contributed by atoms with Gasteiger partial charge in [-0.2, -0.15) is 0 Å². The summed E-state index contributed by atoms with van der Waals surface area (Å²) >= 11 is 0. The number of rotatable bonds is 7. The first kappa shape index (κ1) is 13.0. The molecule has 0 unspecified atom stereocenters. The number of hydrogen-bond acceptors (Lipinski definition) is 2. The normalized spacial score (nSPS) is 11.4. The Kier molecular flexibility index (Phi) is 5.33. The van der Waals surface area contributed by atoms with Crippen molar-refractivity contribution in [3.8, 4) is 5.75 Å². The van der Waals surface area contributed by atoms with E-state index in [1.54, 1.807) is 0 Å². The van der Waals surface area contributed by atoms with E-state index in [-0.39, 0.29) is 0 Å².